The maximum atomic E-state index is 12.7. The molecule has 0 bridgehead atoms. The number of amides is 3. The molecule has 2 heterocycles. The molecular weight excluding hydrogens is 324 g/mol. The predicted octanol–water partition coefficient (Wildman–Crippen LogP) is -1.14. The number of nitrogens with one attached hydrogen (secondary N) is 2. The predicted molar refractivity (Wildman–Crippen MR) is 89.3 cm³/mol. The summed E-state index contributed by atoms with van der Waals surface area (Å²) in [6.45, 7) is 1.13. The quantitative estimate of drug-likeness (QED) is 0.483. The van der Waals surface area contributed by atoms with Gasteiger partial charge in [-0.25, -0.2) is 0 Å². The van der Waals surface area contributed by atoms with Gasteiger partial charge in [-0.3, -0.25) is 19.7 Å². The van der Waals surface area contributed by atoms with Gasteiger partial charge in [0.25, 0.3) is 5.91 Å². The number of carbonyl (C=O) groups is 3. The number of rotatable bonds is 6. The minimum atomic E-state index is -0.602. The average Bonchev–Trinajstić information content (AvgIpc) is 2.92. The van der Waals surface area contributed by atoms with Gasteiger partial charge < -0.3 is 21.1 Å². The van der Waals surface area contributed by atoms with Crippen molar-refractivity contribution in [1.29, 1.82) is 0 Å². The highest BCUT2D eigenvalue weighted by atomic mass is 16.3. The minimum Gasteiger partial charge on any atom is -0.395 e. The van der Waals surface area contributed by atoms with Crippen LogP contribution in [0.15, 0.2) is 18.2 Å². The summed E-state index contributed by atoms with van der Waals surface area (Å²) in [5.41, 5.74) is 7.90. The molecule has 0 radical (unpaired) electrons. The van der Waals surface area contributed by atoms with E-state index in [1.165, 1.54) is 4.90 Å². The third-order valence-corrected chi connectivity index (χ3v) is 4.69. The molecule has 8 nitrogen and oxygen atoms in total. The van der Waals surface area contributed by atoms with Crippen molar-refractivity contribution in [2.24, 2.45) is 5.73 Å². The number of benzene rings is 1. The van der Waals surface area contributed by atoms with Crippen LogP contribution in [0.4, 0.5) is 0 Å². The Hall–Kier alpha value is -2.29. The van der Waals surface area contributed by atoms with Crippen LogP contribution in [0.1, 0.15) is 34.3 Å². The van der Waals surface area contributed by atoms with Crippen LogP contribution in [0.25, 0.3) is 0 Å². The van der Waals surface area contributed by atoms with E-state index in [0.29, 0.717) is 31.6 Å². The monoisotopic (exact) mass is 346 g/mol. The van der Waals surface area contributed by atoms with Gasteiger partial charge in [0.1, 0.15) is 6.04 Å². The van der Waals surface area contributed by atoms with Crippen LogP contribution in [0.3, 0.4) is 0 Å². The van der Waals surface area contributed by atoms with Crippen molar-refractivity contribution in [1.82, 2.24) is 15.5 Å². The first kappa shape index (κ1) is 17.5. The lowest BCUT2D eigenvalue weighted by molar-refractivity contribution is -0.136. The number of nitrogens with two attached hydrogens (primary N) is 1. The summed E-state index contributed by atoms with van der Waals surface area (Å²) >= 11 is 0. The molecule has 1 aromatic carbocycles. The zero-order valence-corrected chi connectivity index (χ0v) is 13.8. The Morgan fingerprint density at radius 2 is 2.16 bits per heavy atom. The topological polar surface area (TPSA) is 125 Å². The lowest BCUT2D eigenvalue weighted by Gasteiger charge is -2.29. The van der Waals surface area contributed by atoms with Gasteiger partial charge in [-0.15, -0.1) is 0 Å². The summed E-state index contributed by atoms with van der Waals surface area (Å²) in [5.74, 6) is -0.894. The highest BCUT2D eigenvalue weighted by molar-refractivity contribution is 6.05. The summed E-state index contributed by atoms with van der Waals surface area (Å²) < 4.78 is 0. The maximum absolute atomic E-state index is 12.7. The Morgan fingerprint density at radius 3 is 2.84 bits per heavy atom. The smallest absolute Gasteiger partial charge is 0.255 e. The largest absolute Gasteiger partial charge is 0.395 e. The van der Waals surface area contributed by atoms with Gasteiger partial charge in [0, 0.05) is 37.7 Å². The Morgan fingerprint density at radius 1 is 1.36 bits per heavy atom. The van der Waals surface area contributed by atoms with Crippen molar-refractivity contribution in [3.63, 3.8) is 0 Å². The number of carbonyl (C=O) groups excluding carboxylic acids is 3. The highest BCUT2D eigenvalue weighted by Crippen LogP contribution is 2.28. The van der Waals surface area contributed by atoms with Crippen molar-refractivity contribution in [3.8, 4) is 0 Å². The molecule has 2 atom stereocenters. The van der Waals surface area contributed by atoms with E-state index in [2.05, 4.69) is 10.6 Å². The highest BCUT2D eigenvalue weighted by Gasteiger charge is 2.39. The lowest BCUT2D eigenvalue weighted by atomic mass is 10.0. The third-order valence-electron chi connectivity index (χ3n) is 4.69. The SMILES string of the molecule is NC[C@@H](CO)NCc1ccc2c(c1)C(=O)N(C1CCC(=O)NC1=O)C2. The van der Waals surface area contributed by atoms with Gasteiger partial charge in [-0.1, -0.05) is 12.1 Å². The molecule has 2 aliphatic rings. The molecule has 0 aromatic heterocycles. The van der Waals surface area contributed by atoms with Crippen molar-refractivity contribution in [3.05, 3.63) is 34.9 Å². The number of fused-ring (bicyclic) bond motifs is 1. The Bertz CT molecular complexity index is 702. The van der Waals surface area contributed by atoms with Gasteiger partial charge in [0.05, 0.1) is 6.61 Å². The third kappa shape index (κ3) is 3.55. The molecule has 3 amide bonds. The van der Waals surface area contributed by atoms with Crippen molar-refractivity contribution < 1.29 is 19.5 Å². The second-order valence-corrected chi connectivity index (χ2v) is 6.39. The van der Waals surface area contributed by atoms with Crippen LogP contribution in [0, 0.1) is 0 Å². The standard InChI is InChI=1S/C17H22N4O4/c18-6-12(9-22)19-7-10-1-2-11-8-21(17(25)13(11)5-10)14-3-4-15(23)20-16(14)24/h1-2,5,12,14,19,22H,3-4,6-9,18H2,(H,20,23,24)/t12-,14?/m0/s1. The van der Waals surface area contributed by atoms with E-state index in [1.807, 2.05) is 18.2 Å². The number of hydrogen-bond acceptors (Lipinski definition) is 6. The number of piperidine rings is 1. The van der Waals surface area contributed by atoms with Crippen LogP contribution >= 0.6 is 0 Å². The summed E-state index contributed by atoms with van der Waals surface area (Å²) in [6.07, 6.45) is 0.598. The summed E-state index contributed by atoms with van der Waals surface area (Å²) in [4.78, 5) is 37.5. The summed E-state index contributed by atoms with van der Waals surface area (Å²) in [5, 5.41) is 14.6. The molecule has 1 aromatic rings. The Kier molecular flexibility index (Phi) is 5.12. The summed E-state index contributed by atoms with van der Waals surface area (Å²) in [7, 11) is 0. The van der Waals surface area contributed by atoms with E-state index in [-0.39, 0.29) is 30.9 Å². The second-order valence-electron chi connectivity index (χ2n) is 6.39. The van der Waals surface area contributed by atoms with Gasteiger partial charge in [0.15, 0.2) is 0 Å². The number of aliphatic hydroxyl groups is 1. The molecule has 25 heavy (non-hydrogen) atoms. The molecule has 8 heteroatoms. The van der Waals surface area contributed by atoms with Crippen LogP contribution in [0.2, 0.25) is 0 Å². The van der Waals surface area contributed by atoms with Crippen LogP contribution in [-0.4, -0.2) is 53.0 Å². The molecular formula is C17H22N4O4. The fraction of sp³-hybridized carbons (Fsp3) is 0.471. The minimum absolute atomic E-state index is 0.0519. The van der Waals surface area contributed by atoms with Crippen molar-refractivity contribution in [2.45, 2.75) is 38.0 Å². The number of nitrogens with zero attached hydrogens (tertiary/aromatic N) is 1. The first-order valence-corrected chi connectivity index (χ1v) is 8.34. The Balaban J connectivity index is 1.71. The first-order chi connectivity index (χ1) is 12.0. The molecule has 1 fully saturated rings. The van der Waals surface area contributed by atoms with Crippen LogP contribution < -0.4 is 16.4 Å². The maximum Gasteiger partial charge on any atom is 0.255 e. The Labute approximate surface area is 145 Å². The molecule has 5 N–H and O–H groups in total. The van der Waals surface area contributed by atoms with E-state index < -0.39 is 11.9 Å². The summed E-state index contributed by atoms with van der Waals surface area (Å²) in [6, 6.07) is 4.81. The zero-order valence-electron chi connectivity index (χ0n) is 13.8. The first-order valence-electron chi connectivity index (χ1n) is 8.34. The van der Waals surface area contributed by atoms with Gasteiger partial charge in [-0.2, -0.15) is 0 Å². The van der Waals surface area contributed by atoms with E-state index >= 15 is 0 Å². The number of imide groups is 1. The molecule has 3 rings (SSSR count). The molecule has 2 aliphatic heterocycles. The van der Waals surface area contributed by atoms with Crippen molar-refractivity contribution in [2.75, 3.05) is 13.2 Å². The van der Waals surface area contributed by atoms with E-state index in [4.69, 9.17) is 10.8 Å². The molecule has 0 saturated carbocycles. The van der Waals surface area contributed by atoms with Gasteiger partial charge in [-0.05, 0) is 23.6 Å². The molecule has 1 saturated heterocycles. The van der Waals surface area contributed by atoms with E-state index in [0.717, 1.165) is 11.1 Å². The van der Waals surface area contributed by atoms with E-state index in [9.17, 15) is 14.4 Å². The fourth-order valence-electron chi connectivity index (χ4n) is 3.20. The average molecular weight is 346 g/mol. The van der Waals surface area contributed by atoms with Gasteiger partial charge >= 0.3 is 0 Å². The number of hydrogen-bond donors (Lipinski definition) is 4. The lowest BCUT2D eigenvalue weighted by Crippen LogP contribution is -2.52. The normalized spacial score (nSPS) is 21.3. The second kappa shape index (κ2) is 7.30. The van der Waals surface area contributed by atoms with Crippen molar-refractivity contribution >= 4 is 17.7 Å². The zero-order chi connectivity index (χ0) is 18.0. The van der Waals surface area contributed by atoms with E-state index in [1.54, 1.807) is 0 Å². The molecule has 0 spiro atoms. The van der Waals surface area contributed by atoms with Gasteiger partial charge in [0.2, 0.25) is 11.8 Å². The molecule has 1 unspecified atom stereocenters. The fourth-order valence-corrected chi connectivity index (χ4v) is 3.20. The molecule has 0 aliphatic carbocycles. The van der Waals surface area contributed by atoms with Crippen LogP contribution in [-0.2, 0) is 22.7 Å². The number of aliphatic hydroxyl groups excluding tert-OH is 1. The van der Waals surface area contributed by atoms with Crippen LogP contribution in [0.5, 0.6) is 0 Å². The molecule has 134 valence electrons.